The van der Waals surface area contributed by atoms with E-state index in [1.54, 1.807) is 0 Å². The first kappa shape index (κ1) is 13.7. The van der Waals surface area contributed by atoms with Crippen molar-refractivity contribution in [2.24, 2.45) is 0 Å². The van der Waals surface area contributed by atoms with E-state index in [9.17, 15) is 19.5 Å². The number of ether oxygens (including phenoxy) is 2. The molecular weight excluding hydrogens is 179 g/mol. The summed E-state index contributed by atoms with van der Waals surface area (Å²) in [5.41, 5.74) is 0. The first-order chi connectivity index (χ1) is 5.06. The van der Waals surface area contributed by atoms with Crippen LogP contribution in [0.3, 0.4) is 0 Å². The predicted octanol–water partition coefficient (Wildman–Crippen LogP) is -3.80. The van der Waals surface area contributed by atoms with Crippen LogP contribution < -0.4 is 34.7 Å². The fraction of sp³-hybridized carbons (Fsp3) is 0. The van der Waals surface area contributed by atoms with E-state index in [0.717, 1.165) is 0 Å². The Morgan fingerprint density at radius 1 is 1.25 bits per heavy atom. The molecule has 0 N–H and O–H groups in total. The number of carbonyl (C=O) groups is 3. The van der Waals surface area contributed by atoms with Gasteiger partial charge in [0.25, 0.3) is 6.16 Å². The van der Waals surface area contributed by atoms with Crippen LogP contribution in [0.25, 0.3) is 0 Å². The Bertz CT molecular complexity index is 210. The van der Waals surface area contributed by atoms with Gasteiger partial charge in [0.15, 0.2) is 0 Å². The third-order valence-corrected chi connectivity index (χ3v) is 0.517. The first-order valence-corrected chi connectivity index (χ1v) is 2.33. The van der Waals surface area contributed by atoms with Crippen LogP contribution in [0.5, 0.6) is 0 Å². The predicted molar refractivity (Wildman–Crippen MR) is 28.2 cm³/mol. The Morgan fingerprint density at radius 2 is 1.75 bits per heavy atom. The van der Waals surface area contributed by atoms with Crippen molar-refractivity contribution < 1.29 is 58.5 Å². The van der Waals surface area contributed by atoms with Gasteiger partial charge in [0, 0.05) is 6.08 Å². The maximum absolute atomic E-state index is 10.1. The molecule has 6 nitrogen and oxygen atoms in total. The fourth-order valence-electron chi connectivity index (χ4n) is 0.213. The second-order valence-corrected chi connectivity index (χ2v) is 1.23. The second kappa shape index (κ2) is 6.84. The van der Waals surface area contributed by atoms with Gasteiger partial charge in [0.05, 0.1) is 0 Å². The molecule has 0 saturated carbocycles. The Balaban J connectivity index is 0. The third-order valence-electron chi connectivity index (χ3n) is 0.517. The summed E-state index contributed by atoms with van der Waals surface area (Å²) in [5, 5.41) is 9.51. The van der Waals surface area contributed by atoms with Crippen LogP contribution in [0.15, 0.2) is 12.7 Å². The summed E-state index contributed by atoms with van der Waals surface area (Å²) in [6.45, 7) is 2.95. The molecule has 12 heavy (non-hydrogen) atoms. The molecule has 0 unspecified atom stereocenters. The van der Waals surface area contributed by atoms with Crippen LogP contribution >= 0.6 is 0 Å². The van der Waals surface area contributed by atoms with Gasteiger partial charge in [-0.1, -0.05) is 6.58 Å². The molecule has 0 saturated heterocycles. The van der Waals surface area contributed by atoms with Gasteiger partial charge in [-0.15, -0.1) is 0 Å². The molecule has 60 valence electrons. The number of carbonyl (C=O) groups excluding carboxylic acids is 3. The van der Waals surface area contributed by atoms with E-state index in [1.165, 1.54) is 0 Å². The molecule has 0 aliphatic rings. The number of rotatable bonds is 1. The summed E-state index contributed by atoms with van der Waals surface area (Å²) in [6.07, 6.45) is -3.07. The van der Waals surface area contributed by atoms with E-state index in [4.69, 9.17) is 0 Å². The Kier molecular flexibility index (Phi) is 7.82. The minimum atomic E-state index is -2.09. The van der Waals surface area contributed by atoms with Crippen LogP contribution in [0.4, 0.5) is 9.59 Å². The van der Waals surface area contributed by atoms with Gasteiger partial charge in [-0.25, -0.2) is 9.59 Å². The van der Waals surface area contributed by atoms with Crippen LogP contribution in [0, 0.1) is 0 Å². The Morgan fingerprint density at radius 3 is 2.08 bits per heavy atom. The SMILES string of the molecule is C=CC(=O)OC(=O)OC(=O)[O-].[Na+]. The van der Waals surface area contributed by atoms with Gasteiger partial charge >= 0.3 is 41.7 Å². The number of hydrogen-bond donors (Lipinski definition) is 0. The first-order valence-electron chi connectivity index (χ1n) is 2.33. The largest absolute Gasteiger partial charge is 1.00 e. The summed E-state index contributed by atoms with van der Waals surface area (Å²) < 4.78 is 6.97. The van der Waals surface area contributed by atoms with E-state index >= 15 is 0 Å². The standard InChI is InChI=1S/C5H4O6.Na/c1-2-3(6)10-5(9)11-4(7)8;/h2H,1H2,(H,7,8);/q;+1/p-1. The molecule has 0 rings (SSSR count). The summed E-state index contributed by atoms with van der Waals surface area (Å²) >= 11 is 0. The summed E-state index contributed by atoms with van der Waals surface area (Å²) in [5.74, 6) is -1.10. The quantitative estimate of drug-likeness (QED) is 0.179. The Hall–Kier alpha value is -0.850. The van der Waals surface area contributed by atoms with E-state index < -0.39 is 18.3 Å². The van der Waals surface area contributed by atoms with Crippen molar-refractivity contribution in [2.75, 3.05) is 0 Å². The van der Waals surface area contributed by atoms with Crippen molar-refractivity contribution in [3.63, 3.8) is 0 Å². The van der Waals surface area contributed by atoms with Crippen molar-refractivity contribution in [2.45, 2.75) is 0 Å². The molecule has 0 radical (unpaired) electrons. The zero-order valence-corrected chi connectivity index (χ0v) is 8.23. The summed E-state index contributed by atoms with van der Waals surface area (Å²) in [6, 6.07) is 0. The molecule has 0 aromatic carbocycles. The molecule has 0 aliphatic carbocycles. The van der Waals surface area contributed by atoms with Crippen molar-refractivity contribution in [1.29, 1.82) is 0 Å². The molecule has 0 spiro atoms. The van der Waals surface area contributed by atoms with Gasteiger partial charge in [-0.2, -0.15) is 0 Å². The molecule has 0 aliphatic heterocycles. The average Bonchev–Trinajstić information content (AvgIpc) is 1.85. The van der Waals surface area contributed by atoms with E-state index in [2.05, 4.69) is 16.1 Å². The smallest absolute Gasteiger partial charge is 0.452 e. The number of carboxylic acid groups (broad SMARTS) is 1. The van der Waals surface area contributed by atoms with E-state index in [-0.39, 0.29) is 29.6 Å². The van der Waals surface area contributed by atoms with E-state index in [0.29, 0.717) is 6.08 Å². The van der Waals surface area contributed by atoms with Gasteiger partial charge in [0.1, 0.15) is 0 Å². The molecular formula is C5H3NaO6. The van der Waals surface area contributed by atoms with E-state index in [1.807, 2.05) is 0 Å². The minimum Gasteiger partial charge on any atom is -0.452 e. The zero-order chi connectivity index (χ0) is 8.85. The van der Waals surface area contributed by atoms with Gasteiger partial charge in [0.2, 0.25) is 0 Å². The molecule has 0 bridgehead atoms. The molecule has 0 aromatic rings. The van der Waals surface area contributed by atoms with Crippen molar-refractivity contribution >= 4 is 18.3 Å². The molecule has 0 amide bonds. The van der Waals surface area contributed by atoms with Crippen LogP contribution in [0.1, 0.15) is 0 Å². The summed E-state index contributed by atoms with van der Waals surface area (Å²) in [7, 11) is 0. The molecule has 0 atom stereocenters. The number of esters is 1. The van der Waals surface area contributed by atoms with Crippen molar-refractivity contribution in [1.82, 2.24) is 0 Å². The summed E-state index contributed by atoms with van der Waals surface area (Å²) in [4.78, 5) is 29.7. The maximum atomic E-state index is 10.1. The van der Waals surface area contributed by atoms with Gasteiger partial charge in [-0.3, -0.25) is 0 Å². The normalized spacial score (nSPS) is 7.33. The molecule has 0 fully saturated rings. The number of hydrogen-bond acceptors (Lipinski definition) is 6. The van der Waals surface area contributed by atoms with Crippen molar-refractivity contribution in [3.05, 3.63) is 12.7 Å². The third kappa shape index (κ3) is 7.26. The topological polar surface area (TPSA) is 92.7 Å². The van der Waals surface area contributed by atoms with Gasteiger partial charge < -0.3 is 19.4 Å². The monoisotopic (exact) mass is 182 g/mol. The maximum Gasteiger partial charge on any atom is 1.00 e. The van der Waals surface area contributed by atoms with Crippen LogP contribution in [-0.2, 0) is 14.3 Å². The average molecular weight is 182 g/mol. The molecule has 0 heterocycles. The fourth-order valence-corrected chi connectivity index (χ4v) is 0.213. The Labute approximate surface area is 89.4 Å². The van der Waals surface area contributed by atoms with Crippen LogP contribution in [-0.4, -0.2) is 18.3 Å². The second-order valence-electron chi connectivity index (χ2n) is 1.23. The minimum absolute atomic E-state index is 0. The van der Waals surface area contributed by atoms with Crippen molar-refractivity contribution in [3.8, 4) is 0 Å². The zero-order valence-electron chi connectivity index (χ0n) is 6.23. The van der Waals surface area contributed by atoms with Crippen LogP contribution in [0.2, 0.25) is 0 Å². The van der Waals surface area contributed by atoms with Gasteiger partial charge in [-0.05, 0) is 0 Å². The molecule has 7 heteroatoms. The molecule has 0 aromatic heterocycles.